The van der Waals surface area contributed by atoms with Crippen LogP contribution < -0.4 is 5.32 Å². The zero-order valence-electron chi connectivity index (χ0n) is 15.0. The van der Waals surface area contributed by atoms with Crippen LogP contribution in [0.3, 0.4) is 0 Å². The summed E-state index contributed by atoms with van der Waals surface area (Å²) in [6.45, 7) is 1.66. The SMILES string of the molecule is CNC(=O)c1noc(CN2C[C@@H](Cc3ccnc4ccccc34)[C@H](O)C2)n1. The number of likely N-dealkylation sites (tertiary alicyclic amines) is 1. The van der Waals surface area contributed by atoms with Crippen LogP contribution in [0.15, 0.2) is 41.1 Å². The molecule has 8 heteroatoms. The average molecular weight is 367 g/mol. The predicted molar refractivity (Wildman–Crippen MR) is 97.9 cm³/mol. The van der Waals surface area contributed by atoms with Crippen molar-refractivity contribution in [1.82, 2.24) is 25.3 Å². The van der Waals surface area contributed by atoms with E-state index in [0.29, 0.717) is 19.0 Å². The Hall–Kier alpha value is -2.84. The van der Waals surface area contributed by atoms with Crippen molar-refractivity contribution in [2.24, 2.45) is 5.92 Å². The first kappa shape index (κ1) is 17.6. The van der Waals surface area contributed by atoms with Gasteiger partial charge in [-0.3, -0.25) is 14.7 Å². The molecule has 0 radical (unpaired) electrons. The second-order valence-corrected chi connectivity index (χ2v) is 6.80. The van der Waals surface area contributed by atoms with Crippen molar-refractivity contribution in [3.8, 4) is 0 Å². The van der Waals surface area contributed by atoms with Gasteiger partial charge in [0.05, 0.1) is 18.2 Å². The van der Waals surface area contributed by atoms with Crippen molar-refractivity contribution in [2.75, 3.05) is 20.1 Å². The van der Waals surface area contributed by atoms with Gasteiger partial charge in [-0.1, -0.05) is 23.4 Å². The number of pyridine rings is 1. The summed E-state index contributed by atoms with van der Waals surface area (Å²) < 4.78 is 5.14. The number of hydrogen-bond donors (Lipinski definition) is 2. The summed E-state index contributed by atoms with van der Waals surface area (Å²) in [7, 11) is 1.52. The van der Waals surface area contributed by atoms with E-state index >= 15 is 0 Å². The summed E-state index contributed by atoms with van der Waals surface area (Å²) in [5.74, 6) is 0.119. The second kappa shape index (κ2) is 7.42. The molecule has 140 valence electrons. The van der Waals surface area contributed by atoms with Crippen LogP contribution in [-0.2, 0) is 13.0 Å². The number of nitrogens with one attached hydrogen (secondary N) is 1. The average Bonchev–Trinajstić information content (AvgIpc) is 3.28. The smallest absolute Gasteiger partial charge is 0.292 e. The molecule has 2 N–H and O–H groups in total. The maximum atomic E-state index is 11.5. The molecule has 1 aliphatic rings. The molecule has 2 atom stereocenters. The molecule has 1 aromatic carbocycles. The van der Waals surface area contributed by atoms with Crippen LogP contribution in [0, 0.1) is 5.92 Å². The number of para-hydroxylation sites is 1. The maximum absolute atomic E-state index is 11.5. The molecule has 0 spiro atoms. The molecular formula is C19H21N5O3. The molecule has 3 heterocycles. The minimum atomic E-state index is -0.432. The van der Waals surface area contributed by atoms with Gasteiger partial charge in [-0.05, 0) is 24.1 Å². The minimum absolute atomic E-state index is 0.0204. The van der Waals surface area contributed by atoms with E-state index in [-0.39, 0.29) is 17.6 Å². The highest BCUT2D eigenvalue weighted by molar-refractivity contribution is 5.89. The Morgan fingerprint density at radius 2 is 2.19 bits per heavy atom. The number of carbonyl (C=O) groups excluding carboxylic acids is 1. The summed E-state index contributed by atoms with van der Waals surface area (Å²) >= 11 is 0. The number of rotatable bonds is 5. The number of fused-ring (bicyclic) bond motifs is 1. The molecule has 2 aromatic heterocycles. The largest absolute Gasteiger partial charge is 0.391 e. The number of carbonyl (C=O) groups is 1. The van der Waals surface area contributed by atoms with E-state index in [0.717, 1.165) is 23.9 Å². The number of β-amino-alcohol motifs (C(OH)–C–C–N with tert-alkyl or cyclic N) is 1. The van der Waals surface area contributed by atoms with Crippen molar-refractivity contribution >= 4 is 16.8 Å². The summed E-state index contributed by atoms with van der Waals surface area (Å²) in [6, 6.07) is 10.1. The quantitative estimate of drug-likeness (QED) is 0.693. The first-order valence-corrected chi connectivity index (χ1v) is 8.91. The standard InChI is InChI=1S/C19H21N5O3/c1-20-19(26)18-22-17(27-23-18)11-24-9-13(16(25)10-24)8-12-6-7-21-15-5-3-2-4-14(12)15/h2-7,13,16,25H,8-11H2,1H3,(H,20,26)/t13-,16-/m1/s1. The van der Waals surface area contributed by atoms with Gasteiger partial charge in [0.2, 0.25) is 5.89 Å². The third kappa shape index (κ3) is 3.67. The molecule has 0 aliphatic carbocycles. The third-order valence-corrected chi connectivity index (χ3v) is 4.96. The number of hydrogen-bond acceptors (Lipinski definition) is 7. The van der Waals surface area contributed by atoms with Crippen molar-refractivity contribution in [3.63, 3.8) is 0 Å². The van der Waals surface area contributed by atoms with E-state index < -0.39 is 6.10 Å². The van der Waals surface area contributed by atoms with Gasteiger partial charge in [-0.2, -0.15) is 4.98 Å². The van der Waals surface area contributed by atoms with Gasteiger partial charge in [0.25, 0.3) is 11.7 Å². The zero-order valence-corrected chi connectivity index (χ0v) is 15.0. The number of aliphatic hydroxyl groups excluding tert-OH is 1. The van der Waals surface area contributed by atoms with Crippen LogP contribution in [0.25, 0.3) is 10.9 Å². The van der Waals surface area contributed by atoms with Crippen LogP contribution in [0.5, 0.6) is 0 Å². The van der Waals surface area contributed by atoms with Gasteiger partial charge >= 0.3 is 0 Å². The Morgan fingerprint density at radius 1 is 1.33 bits per heavy atom. The van der Waals surface area contributed by atoms with Crippen LogP contribution in [-0.4, -0.2) is 57.3 Å². The number of amides is 1. The van der Waals surface area contributed by atoms with Crippen molar-refractivity contribution in [1.29, 1.82) is 0 Å². The molecule has 4 rings (SSSR count). The van der Waals surface area contributed by atoms with Gasteiger partial charge in [-0.25, -0.2) is 0 Å². The monoisotopic (exact) mass is 367 g/mol. The minimum Gasteiger partial charge on any atom is -0.391 e. The molecule has 1 amide bonds. The van der Waals surface area contributed by atoms with Crippen molar-refractivity contribution < 1.29 is 14.4 Å². The Morgan fingerprint density at radius 3 is 3.04 bits per heavy atom. The number of aromatic nitrogens is 3. The molecule has 27 heavy (non-hydrogen) atoms. The maximum Gasteiger partial charge on any atom is 0.292 e. The first-order valence-electron chi connectivity index (χ1n) is 8.91. The lowest BCUT2D eigenvalue weighted by Gasteiger charge is -2.15. The summed E-state index contributed by atoms with van der Waals surface area (Å²) in [5, 5.41) is 17.8. The molecular weight excluding hydrogens is 346 g/mol. The summed E-state index contributed by atoms with van der Waals surface area (Å²) in [6.07, 6.45) is 2.15. The molecule has 3 aromatic rings. The normalized spacial score (nSPS) is 20.2. The fourth-order valence-electron chi connectivity index (χ4n) is 3.60. The lowest BCUT2D eigenvalue weighted by Crippen LogP contribution is -2.22. The molecule has 0 unspecified atom stereocenters. The van der Waals surface area contributed by atoms with E-state index in [1.807, 2.05) is 30.5 Å². The van der Waals surface area contributed by atoms with Crippen LogP contribution in [0.1, 0.15) is 22.1 Å². The van der Waals surface area contributed by atoms with Crippen molar-refractivity contribution in [2.45, 2.75) is 19.1 Å². The highest BCUT2D eigenvalue weighted by atomic mass is 16.5. The van der Waals surface area contributed by atoms with E-state index in [4.69, 9.17) is 4.52 Å². The molecule has 1 aliphatic heterocycles. The molecule has 8 nitrogen and oxygen atoms in total. The number of nitrogens with zero attached hydrogens (tertiary/aromatic N) is 4. The Labute approximate surface area is 156 Å². The molecule has 0 bridgehead atoms. The van der Waals surface area contributed by atoms with Gasteiger partial charge in [0, 0.05) is 37.6 Å². The Bertz CT molecular complexity index is 952. The van der Waals surface area contributed by atoms with Gasteiger partial charge in [0.15, 0.2) is 0 Å². The molecule has 1 fully saturated rings. The molecule has 1 saturated heterocycles. The van der Waals surface area contributed by atoms with Crippen molar-refractivity contribution in [3.05, 3.63) is 53.8 Å². The predicted octanol–water partition coefficient (Wildman–Crippen LogP) is 1.01. The van der Waals surface area contributed by atoms with E-state index in [2.05, 4.69) is 31.4 Å². The first-order chi connectivity index (χ1) is 13.1. The molecule has 0 saturated carbocycles. The fourth-order valence-corrected chi connectivity index (χ4v) is 3.60. The summed E-state index contributed by atoms with van der Waals surface area (Å²) in [4.78, 5) is 22.1. The van der Waals surface area contributed by atoms with E-state index in [1.165, 1.54) is 12.6 Å². The highest BCUT2D eigenvalue weighted by Crippen LogP contribution is 2.26. The second-order valence-electron chi connectivity index (χ2n) is 6.80. The Balaban J connectivity index is 1.44. The number of aliphatic hydroxyl groups is 1. The lowest BCUT2D eigenvalue weighted by molar-refractivity contribution is 0.0950. The van der Waals surface area contributed by atoms with Gasteiger partial charge in [0.1, 0.15) is 0 Å². The fraction of sp³-hybridized carbons (Fsp3) is 0.368. The zero-order chi connectivity index (χ0) is 18.8. The number of benzene rings is 1. The third-order valence-electron chi connectivity index (χ3n) is 4.96. The van der Waals surface area contributed by atoms with Crippen LogP contribution >= 0.6 is 0 Å². The van der Waals surface area contributed by atoms with Gasteiger partial charge in [-0.15, -0.1) is 0 Å². The topological polar surface area (TPSA) is 104 Å². The van der Waals surface area contributed by atoms with Crippen LogP contribution in [0.2, 0.25) is 0 Å². The van der Waals surface area contributed by atoms with E-state index in [9.17, 15) is 9.90 Å². The van der Waals surface area contributed by atoms with Crippen LogP contribution in [0.4, 0.5) is 0 Å². The highest BCUT2D eigenvalue weighted by Gasteiger charge is 2.32. The van der Waals surface area contributed by atoms with Gasteiger partial charge < -0.3 is 14.9 Å². The van der Waals surface area contributed by atoms with E-state index in [1.54, 1.807) is 0 Å². The lowest BCUT2D eigenvalue weighted by atomic mass is 9.94. The summed E-state index contributed by atoms with van der Waals surface area (Å²) in [5.41, 5.74) is 2.15. The Kier molecular flexibility index (Phi) is 4.83.